The number of halogens is 3. The number of alkyl halides is 2. The maximum absolute atomic E-state index is 12.6. The van der Waals surface area contributed by atoms with Crippen LogP contribution < -0.4 is 5.73 Å². The van der Waals surface area contributed by atoms with Crippen LogP contribution in [0.5, 0.6) is 0 Å². The fraction of sp³-hybridized carbons (Fsp3) is 0.400. The van der Waals surface area contributed by atoms with Crippen molar-refractivity contribution in [3.63, 3.8) is 0 Å². The first-order chi connectivity index (χ1) is 7.97. The van der Waals surface area contributed by atoms with Crippen LogP contribution in [0.1, 0.15) is 24.5 Å². The third kappa shape index (κ3) is 3.48. The number of aromatic nitrogens is 1. The van der Waals surface area contributed by atoms with Crippen LogP contribution in [0.2, 0.25) is 0 Å². The summed E-state index contributed by atoms with van der Waals surface area (Å²) in [6.45, 7) is 1.90. The van der Waals surface area contributed by atoms with E-state index in [-0.39, 0.29) is 28.0 Å². The van der Waals surface area contributed by atoms with Gasteiger partial charge in [-0.3, -0.25) is 4.79 Å². The number of hydrogen-bond acceptors (Lipinski definition) is 4. The van der Waals surface area contributed by atoms with E-state index in [9.17, 15) is 13.6 Å². The number of nitrogens with zero attached hydrogens (tertiary/aromatic N) is 1. The molecular formula is C10H11F2IN2O2. The van der Waals surface area contributed by atoms with Crippen molar-refractivity contribution < 1.29 is 18.3 Å². The zero-order valence-corrected chi connectivity index (χ0v) is 11.2. The van der Waals surface area contributed by atoms with Crippen LogP contribution in [0.4, 0.5) is 14.6 Å². The minimum Gasteiger partial charge on any atom is -0.466 e. The van der Waals surface area contributed by atoms with Crippen LogP contribution in [-0.4, -0.2) is 17.6 Å². The van der Waals surface area contributed by atoms with Crippen LogP contribution in [0.15, 0.2) is 6.20 Å². The Kier molecular flexibility index (Phi) is 5.03. The summed E-state index contributed by atoms with van der Waals surface area (Å²) in [6.07, 6.45) is -1.77. The summed E-state index contributed by atoms with van der Waals surface area (Å²) in [6, 6.07) is 0. The normalized spacial score (nSPS) is 10.6. The van der Waals surface area contributed by atoms with E-state index in [1.165, 1.54) is 0 Å². The Bertz CT molecular complexity index is 427. The predicted molar refractivity (Wildman–Crippen MR) is 66.7 cm³/mol. The SMILES string of the molecule is CCOC(=O)Cc1c(N)ncc(C(F)F)c1I. The van der Waals surface area contributed by atoms with Gasteiger partial charge in [0.15, 0.2) is 0 Å². The van der Waals surface area contributed by atoms with Crippen LogP contribution in [0.25, 0.3) is 0 Å². The van der Waals surface area contributed by atoms with E-state index in [1.54, 1.807) is 29.5 Å². The lowest BCUT2D eigenvalue weighted by Crippen LogP contribution is -2.12. The van der Waals surface area contributed by atoms with Gasteiger partial charge in [0.25, 0.3) is 6.43 Å². The Balaban J connectivity index is 3.05. The number of carbonyl (C=O) groups excluding carboxylic acids is 1. The molecule has 0 aliphatic carbocycles. The number of nitrogens with two attached hydrogens (primary N) is 1. The molecule has 0 radical (unpaired) electrons. The van der Waals surface area contributed by atoms with Crippen molar-refractivity contribution in [1.82, 2.24) is 4.98 Å². The number of nitrogen functional groups attached to an aromatic ring is 1. The van der Waals surface area contributed by atoms with E-state index in [0.717, 1.165) is 6.20 Å². The molecule has 0 amide bonds. The van der Waals surface area contributed by atoms with Crippen molar-refractivity contribution in [3.05, 3.63) is 20.9 Å². The number of anilines is 1. The van der Waals surface area contributed by atoms with Gasteiger partial charge >= 0.3 is 5.97 Å². The molecule has 0 fully saturated rings. The summed E-state index contributed by atoms with van der Waals surface area (Å²) in [7, 11) is 0. The Hall–Kier alpha value is -0.990. The van der Waals surface area contributed by atoms with Crippen LogP contribution in [0.3, 0.4) is 0 Å². The van der Waals surface area contributed by atoms with Gasteiger partial charge in [-0.15, -0.1) is 0 Å². The van der Waals surface area contributed by atoms with Crippen molar-refractivity contribution in [2.45, 2.75) is 19.8 Å². The maximum atomic E-state index is 12.6. The summed E-state index contributed by atoms with van der Waals surface area (Å²) >= 11 is 1.74. The summed E-state index contributed by atoms with van der Waals surface area (Å²) in [5.41, 5.74) is 5.64. The van der Waals surface area contributed by atoms with E-state index in [0.29, 0.717) is 5.56 Å². The largest absolute Gasteiger partial charge is 0.466 e. The molecule has 1 heterocycles. The van der Waals surface area contributed by atoms with Gasteiger partial charge in [-0.25, -0.2) is 13.8 Å². The number of esters is 1. The zero-order valence-electron chi connectivity index (χ0n) is 9.04. The highest BCUT2D eigenvalue weighted by Gasteiger charge is 2.19. The molecule has 17 heavy (non-hydrogen) atoms. The van der Waals surface area contributed by atoms with Crippen molar-refractivity contribution in [2.24, 2.45) is 0 Å². The van der Waals surface area contributed by atoms with E-state index < -0.39 is 12.4 Å². The van der Waals surface area contributed by atoms with Gasteiger partial charge in [0.2, 0.25) is 0 Å². The molecule has 0 atom stereocenters. The fourth-order valence-corrected chi connectivity index (χ4v) is 2.08. The van der Waals surface area contributed by atoms with Crippen LogP contribution in [-0.2, 0) is 16.0 Å². The molecule has 2 N–H and O–H groups in total. The van der Waals surface area contributed by atoms with Gasteiger partial charge in [0, 0.05) is 20.9 Å². The summed E-state index contributed by atoms with van der Waals surface area (Å²) in [5, 5.41) is 0. The minimum atomic E-state index is -2.64. The molecule has 7 heteroatoms. The molecule has 94 valence electrons. The molecule has 0 bridgehead atoms. The molecule has 0 saturated heterocycles. The zero-order chi connectivity index (χ0) is 13.0. The third-order valence-corrected chi connectivity index (χ3v) is 3.31. The van der Waals surface area contributed by atoms with Crippen LogP contribution >= 0.6 is 22.6 Å². The number of rotatable bonds is 4. The van der Waals surface area contributed by atoms with E-state index >= 15 is 0 Å². The summed E-state index contributed by atoms with van der Waals surface area (Å²) < 4.78 is 30.3. The molecule has 0 aromatic carbocycles. The lowest BCUT2D eigenvalue weighted by atomic mass is 10.1. The molecule has 1 aromatic heterocycles. The second-order valence-electron chi connectivity index (χ2n) is 3.17. The minimum absolute atomic E-state index is 0.0758. The topological polar surface area (TPSA) is 65.2 Å². The van der Waals surface area contributed by atoms with Gasteiger partial charge in [-0.1, -0.05) is 0 Å². The average molecular weight is 356 g/mol. The molecule has 0 aliphatic heterocycles. The van der Waals surface area contributed by atoms with E-state index in [2.05, 4.69) is 4.98 Å². The Morgan fingerprint density at radius 3 is 2.82 bits per heavy atom. The highest BCUT2D eigenvalue weighted by molar-refractivity contribution is 14.1. The van der Waals surface area contributed by atoms with Gasteiger partial charge in [-0.05, 0) is 29.5 Å². The quantitative estimate of drug-likeness (QED) is 0.664. The average Bonchev–Trinajstić information content (AvgIpc) is 2.24. The second kappa shape index (κ2) is 6.08. The molecule has 4 nitrogen and oxygen atoms in total. The molecule has 0 unspecified atom stereocenters. The number of hydrogen-bond donors (Lipinski definition) is 1. The van der Waals surface area contributed by atoms with Crippen molar-refractivity contribution in [2.75, 3.05) is 12.3 Å². The monoisotopic (exact) mass is 356 g/mol. The summed E-state index contributed by atoms with van der Waals surface area (Å²) in [4.78, 5) is 15.0. The lowest BCUT2D eigenvalue weighted by Gasteiger charge is -2.10. The fourth-order valence-electron chi connectivity index (χ4n) is 1.24. The highest BCUT2D eigenvalue weighted by atomic mass is 127. The molecule has 0 spiro atoms. The first-order valence-electron chi connectivity index (χ1n) is 4.83. The Morgan fingerprint density at radius 1 is 1.65 bits per heavy atom. The second-order valence-corrected chi connectivity index (χ2v) is 4.25. The standard InChI is InChI=1S/C10H11F2IN2O2/c1-2-17-7(16)3-5-8(13)6(9(11)12)4-15-10(5)14/h4,9H,2-3H2,1H3,(H2,14,15). The van der Waals surface area contributed by atoms with Crippen molar-refractivity contribution in [3.8, 4) is 0 Å². The van der Waals surface area contributed by atoms with Gasteiger partial charge in [-0.2, -0.15) is 0 Å². The predicted octanol–water partition coefficient (Wildman–Crippen LogP) is 2.31. The highest BCUT2D eigenvalue weighted by Crippen LogP contribution is 2.29. The van der Waals surface area contributed by atoms with Gasteiger partial charge in [0.05, 0.1) is 13.0 Å². The summed E-state index contributed by atoms with van der Waals surface area (Å²) in [5.74, 6) is -0.433. The molecule has 1 rings (SSSR count). The van der Waals surface area contributed by atoms with Crippen molar-refractivity contribution in [1.29, 1.82) is 0 Å². The molecular weight excluding hydrogens is 345 g/mol. The number of ether oxygens (including phenoxy) is 1. The smallest absolute Gasteiger partial charge is 0.310 e. The number of pyridine rings is 1. The third-order valence-electron chi connectivity index (χ3n) is 2.03. The maximum Gasteiger partial charge on any atom is 0.310 e. The van der Waals surface area contributed by atoms with Gasteiger partial charge in [0.1, 0.15) is 5.82 Å². The molecule has 0 saturated carbocycles. The first kappa shape index (κ1) is 14.1. The number of carbonyl (C=O) groups is 1. The van der Waals surface area contributed by atoms with E-state index in [1.807, 2.05) is 0 Å². The Labute approximate surface area is 111 Å². The Morgan fingerprint density at radius 2 is 2.29 bits per heavy atom. The molecule has 0 aliphatic rings. The van der Waals surface area contributed by atoms with Crippen LogP contribution in [0, 0.1) is 3.57 Å². The molecule has 1 aromatic rings. The first-order valence-corrected chi connectivity index (χ1v) is 5.91. The van der Waals surface area contributed by atoms with Gasteiger partial charge < -0.3 is 10.5 Å². The lowest BCUT2D eigenvalue weighted by molar-refractivity contribution is -0.142. The van der Waals surface area contributed by atoms with E-state index in [4.69, 9.17) is 10.5 Å². The van der Waals surface area contributed by atoms with Crippen molar-refractivity contribution >= 4 is 34.4 Å².